The quantitative estimate of drug-likeness (QED) is 0.275. The van der Waals surface area contributed by atoms with Crippen LogP contribution in [-0.4, -0.2) is 23.8 Å². The first-order chi connectivity index (χ1) is 13.2. The molecule has 0 unspecified atom stereocenters. The topological polar surface area (TPSA) is 81.4 Å². The van der Waals surface area contributed by atoms with Crippen LogP contribution in [-0.2, 0) is 9.53 Å². The molecule has 3 aromatic rings. The summed E-state index contributed by atoms with van der Waals surface area (Å²) in [5.74, 6) is -0.0968. The van der Waals surface area contributed by atoms with Crippen LogP contribution in [0.2, 0.25) is 0 Å². The maximum absolute atomic E-state index is 11.9. The maximum atomic E-state index is 11.9. The molecule has 0 spiro atoms. The van der Waals surface area contributed by atoms with Crippen molar-refractivity contribution in [3.63, 3.8) is 0 Å². The molecule has 6 heteroatoms. The number of nitrogens with one attached hydrogen (secondary N) is 1. The second-order valence-corrected chi connectivity index (χ2v) is 5.92. The number of para-hydroxylation sites is 2. The molecule has 6 nitrogen and oxygen atoms in total. The van der Waals surface area contributed by atoms with Gasteiger partial charge in [-0.15, -0.1) is 0 Å². The van der Waals surface area contributed by atoms with Crippen LogP contribution in [0.3, 0.4) is 0 Å². The molecule has 2 aromatic carbocycles. The molecule has 0 atom stereocenters. The van der Waals surface area contributed by atoms with E-state index >= 15 is 0 Å². The van der Waals surface area contributed by atoms with Gasteiger partial charge in [0.15, 0.2) is 11.9 Å². The normalized spacial score (nSPS) is 11.4. The number of hydrogen-bond acceptors (Lipinski definition) is 6. The molecule has 1 N–H and O–H groups in total. The number of anilines is 1. The minimum absolute atomic E-state index is 0.245. The summed E-state index contributed by atoms with van der Waals surface area (Å²) in [6, 6.07) is 14.1. The lowest BCUT2D eigenvalue weighted by atomic mass is 10.2. The fourth-order valence-electron chi connectivity index (χ4n) is 2.40. The van der Waals surface area contributed by atoms with Gasteiger partial charge in [0.1, 0.15) is 5.52 Å². The Hall–Kier alpha value is -3.41. The van der Waals surface area contributed by atoms with Gasteiger partial charge in [-0.25, -0.2) is 9.78 Å². The van der Waals surface area contributed by atoms with E-state index in [1.54, 1.807) is 30.3 Å². The molecule has 0 saturated carbocycles. The van der Waals surface area contributed by atoms with Gasteiger partial charge in [0.25, 0.3) is 0 Å². The standard InChI is InChI=1S/C21H20N2O4/c1-2-3-12-26-21(25)15-8-10-17(11-9-15)22-13-16(14-24)20-23-18-6-4-5-7-19(18)27-20/h4-11,13-14,22H,2-3,12H2,1H3/b16-13-. The van der Waals surface area contributed by atoms with Gasteiger partial charge in [0.05, 0.1) is 17.7 Å². The third-order valence-corrected chi connectivity index (χ3v) is 3.91. The van der Waals surface area contributed by atoms with Crippen molar-refractivity contribution >= 4 is 34.6 Å². The van der Waals surface area contributed by atoms with E-state index in [0.29, 0.717) is 29.6 Å². The van der Waals surface area contributed by atoms with E-state index in [9.17, 15) is 9.59 Å². The Bertz CT molecular complexity index is 925. The van der Waals surface area contributed by atoms with Crippen LogP contribution in [0.5, 0.6) is 0 Å². The zero-order valence-electron chi connectivity index (χ0n) is 15.0. The second kappa shape index (κ2) is 8.80. The highest BCUT2D eigenvalue weighted by Gasteiger charge is 2.10. The number of carbonyl (C=O) groups is 2. The van der Waals surface area contributed by atoms with Gasteiger partial charge in [-0.1, -0.05) is 25.5 Å². The summed E-state index contributed by atoms with van der Waals surface area (Å²) >= 11 is 0. The van der Waals surface area contributed by atoms with E-state index in [0.717, 1.165) is 18.5 Å². The molecule has 0 saturated heterocycles. The van der Waals surface area contributed by atoms with Crippen LogP contribution in [0.4, 0.5) is 5.69 Å². The maximum Gasteiger partial charge on any atom is 0.338 e. The summed E-state index contributed by atoms with van der Waals surface area (Å²) in [5, 5.41) is 3.01. The van der Waals surface area contributed by atoms with E-state index in [1.807, 2.05) is 25.1 Å². The first kappa shape index (κ1) is 18.4. The number of carbonyl (C=O) groups excluding carboxylic acids is 2. The number of rotatable bonds is 8. The first-order valence-electron chi connectivity index (χ1n) is 8.76. The molecule has 3 rings (SSSR count). The Morgan fingerprint density at radius 1 is 1.19 bits per heavy atom. The van der Waals surface area contributed by atoms with Crippen LogP contribution >= 0.6 is 0 Å². The number of oxazole rings is 1. The number of esters is 1. The number of ether oxygens (including phenoxy) is 1. The van der Waals surface area contributed by atoms with Crippen LogP contribution in [0, 0.1) is 0 Å². The number of aromatic nitrogens is 1. The van der Waals surface area contributed by atoms with Gasteiger partial charge in [0.2, 0.25) is 5.89 Å². The highest BCUT2D eigenvalue weighted by Crippen LogP contribution is 2.20. The minimum atomic E-state index is -0.342. The predicted molar refractivity (Wildman–Crippen MR) is 103 cm³/mol. The first-order valence-corrected chi connectivity index (χ1v) is 8.76. The molecule has 0 bridgehead atoms. The third kappa shape index (κ3) is 4.61. The SMILES string of the molecule is CCCCOC(=O)c1ccc(N/C=C(/C=O)c2nc3ccccc3o2)cc1. The molecule has 0 amide bonds. The Labute approximate surface area is 156 Å². The number of fused-ring (bicyclic) bond motifs is 1. The monoisotopic (exact) mass is 364 g/mol. The van der Waals surface area contributed by atoms with Gasteiger partial charge >= 0.3 is 5.97 Å². The van der Waals surface area contributed by atoms with Crippen molar-refractivity contribution in [2.45, 2.75) is 19.8 Å². The highest BCUT2D eigenvalue weighted by molar-refractivity contribution is 6.06. The van der Waals surface area contributed by atoms with E-state index in [4.69, 9.17) is 9.15 Å². The fraction of sp³-hybridized carbons (Fsp3) is 0.190. The van der Waals surface area contributed by atoms with Crippen molar-refractivity contribution in [2.24, 2.45) is 0 Å². The van der Waals surface area contributed by atoms with Crippen LogP contribution in [0.15, 0.2) is 59.1 Å². The number of allylic oxidation sites excluding steroid dienone is 1. The van der Waals surface area contributed by atoms with Crippen molar-refractivity contribution in [3.05, 3.63) is 66.2 Å². The third-order valence-electron chi connectivity index (χ3n) is 3.91. The number of unbranched alkanes of at least 4 members (excludes halogenated alkanes) is 1. The molecule has 1 heterocycles. The largest absolute Gasteiger partial charge is 0.462 e. The molecular formula is C21H20N2O4. The Balaban J connectivity index is 1.68. The number of benzene rings is 2. The number of aldehydes is 1. The van der Waals surface area contributed by atoms with Gasteiger partial charge in [-0.05, 0) is 42.8 Å². The van der Waals surface area contributed by atoms with E-state index < -0.39 is 0 Å². The number of nitrogens with zero attached hydrogens (tertiary/aromatic N) is 1. The molecular weight excluding hydrogens is 344 g/mol. The zero-order valence-corrected chi connectivity index (χ0v) is 15.0. The highest BCUT2D eigenvalue weighted by atomic mass is 16.5. The zero-order chi connectivity index (χ0) is 19.1. The summed E-state index contributed by atoms with van der Waals surface area (Å²) in [4.78, 5) is 27.6. The van der Waals surface area contributed by atoms with Gasteiger partial charge < -0.3 is 14.5 Å². The average molecular weight is 364 g/mol. The van der Waals surface area contributed by atoms with Gasteiger partial charge in [-0.2, -0.15) is 0 Å². The fourth-order valence-corrected chi connectivity index (χ4v) is 2.40. The second-order valence-electron chi connectivity index (χ2n) is 5.92. The van der Waals surface area contributed by atoms with Gasteiger partial charge in [0, 0.05) is 11.9 Å². The lowest BCUT2D eigenvalue weighted by Gasteiger charge is -2.05. The lowest BCUT2D eigenvalue weighted by Crippen LogP contribution is -2.06. The van der Waals surface area contributed by atoms with Crippen molar-refractivity contribution in [2.75, 3.05) is 11.9 Å². The van der Waals surface area contributed by atoms with Crippen molar-refractivity contribution < 1.29 is 18.7 Å². The summed E-state index contributed by atoms with van der Waals surface area (Å²) in [5.41, 5.74) is 2.79. The van der Waals surface area contributed by atoms with Crippen molar-refractivity contribution in [1.29, 1.82) is 0 Å². The van der Waals surface area contributed by atoms with Crippen LogP contribution in [0.1, 0.15) is 36.0 Å². The molecule has 1 aromatic heterocycles. The predicted octanol–water partition coefficient (Wildman–Crippen LogP) is 4.44. The molecule has 0 radical (unpaired) electrons. The summed E-state index contributed by atoms with van der Waals surface area (Å²) in [6.45, 7) is 2.46. The summed E-state index contributed by atoms with van der Waals surface area (Å²) < 4.78 is 10.8. The molecule has 27 heavy (non-hydrogen) atoms. The van der Waals surface area contributed by atoms with Crippen LogP contribution < -0.4 is 5.32 Å². The molecule has 0 aliphatic rings. The number of hydrogen-bond donors (Lipinski definition) is 1. The Morgan fingerprint density at radius 2 is 1.96 bits per heavy atom. The Morgan fingerprint density at radius 3 is 2.67 bits per heavy atom. The average Bonchev–Trinajstić information content (AvgIpc) is 3.13. The van der Waals surface area contributed by atoms with E-state index in [-0.39, 0.29) is 17.4 Å². The summed E-state index contributed by atoms with van der Waals surface area (Å²) in [7, 11) is 0. The lowest BCUT2D eigenvalue weighted by molar-refractivity contribution is -0.103. The van der Waals surface area contributed by atoms with Crippen molar-refractivity contribution in [3.8, 4) is 0 Å². The van der Waals surface area contributed by atoms with Gasteiger partial charge in [-0.3, -0.25) is 4.79 Å². The molecule has 0 aliphatic carbocycles. The molecule has 0 fully saturated rings. The van der Waals surface area contributed by atoms with E-state index in [1.165, 1.54) is 6.20 Å². The Kier molecular flexibility index (Phi) is 5.99. The van der Waals surface area contributed by atoms with E-state index in [2.05, 4.69) is 10.3 Å². The minimum Gasteiger partial charge on any atom is -0.462 e. The van der Waals surface area contributed by atoms with Crippen molar-refractivity contribution in [1.82, 2.24) is 4.98 Å². The summed E-state index contributed by atoms with van der Waals surface area (Å²) in [6.07, 6.45) is 4.02. The molecule has 138 valence electrons. The smallest absolute Gasteiger partial charge is 0.338 e. The van der Waals surface area contributed by atoms with Crippen LogP contribution in [0.25, 0.3) is 16.7 Å². The molecule has 0 aliphatic heterocycles.